The molecule has 0 bridgehead atoms. The van der Waals surface area contributed by atoms with E-state index in [0.29, 0.717) is 22.6 Å². The lowest BCUT2D eigenvalue weighted by Gasteiger charge is -2.08. The van der Waals surface area contributed by atoms with Gasteiger partial charge in [-0.2, -0.15) is 0 Å². The number of hydrogen-bond acceptors (Lipinski definition) is 4. The fraction of sp³-hybridized carbons (Fsp3) is 0.263. The van der Waals surface area contributed by atoms with Crippen LogP contribution in [0, 0.1) is 10.8 Å². The Kier molecular flexibility index (Phi) is 8.53. The molecule has 0 amide bonds. The number of nitrogens with two attached hydrogens (primary N) is 2. The normalized spacial score (nSPS) is 12.7. The average Bonchev–Trinajstić information content (AvgIpc) is 2.61. The van der Waals surface area contributed by atoms with Crippen molar-refractivity contribution in [3.63, 3.8) is 0 Å². The van der Waals surface area contributed by atoms with Gasteiger partial charge in [0.05, 0.1) is 18.6 Å². The molecule has 2 aromatic rings. The van der Waals surface area contributed by atoms with E-state index in [9.17, 15) is 0 Å². The minimum absolute atomic E-state index is 0. The van der Waals surface area contributed by atoms with Gasteiger partial charge < -0.3 is 20.9 Å². The number of amidine groups is 2. The first-order valence-electron chi connectivity index (χ1n) is 9.74. The quantitative estimate of drug-likeness (QED) is 0.348. The van der Waals surface area contributed by atoms with Crippen molar-refractivity contribution in [2.24, 2.45) is 11.5 Å². The second-order valence-electron chi connectivity index (χ2n) is 5.22. The van der Waals surface area contributed by atoms with E-state index < -0.39 is 13.1 Å². The lowest BCUT2D eigenvalue weighted by Crippen LogP contribution is -2.10. The first-order chi connectivity index (χ1) is 13.5. The summed E-state index contributed by atoms with van der Waals surface area (Å²) in [6.45, 7) is -3.98. The van der Waals surface area contributed by atoms with Crippen molar-refractivity contribution in [1.29, 1.82) is 10.8 Å². The summed E-state index contributed by atoms with van der Waals surface area (Å²) >= 11 is 0. The largest absolute Gasteiger partial charge is 0.494 e. The highest BCUT2D eigenvalue weighted by Gasteiger charge is 1.99. The lowest BCUT2D eigenvalue weighted by molar-refractivity contribution is 0.279. The van der Waals surface area contributed by atoms with Crippen molar-refractivity contribution in [2.45, 2.75) is 19.3 Å². The van der Waals surface area contributed by atoms with E-state index in [0.717, 1.165) is 0 Å². The Hall–Kier alpha value is -2.44. The van der Waals surface area contributed by atoms with Gasteiger partial charge in [-0.3, -0.25) is 10.8 Å². The van der Waals surface area contributed by atoms with Crippen LogP contribution in [0.25, 0.3) is 0 Å². The molecule has 0 aliphatic carbocycles. The van der Waals surface area contributed by atoms with Crippen LogP contribution in [0.1, 0.15) is 35.9 Å². The standard InChI is InChI=1S/C19H24N4O2.2ClH/c20-18(21)14-4-8-16(9-5-14)24-12-2-1-3-13-25-17-10-6-15(7-11-17)19(22)23;;/h4-11H,1-3,12-13H2,(H3,20,21)(H3,22,23);2*1H/i12D2,13D2;;. The van der Waals surface area contributed by atoms with Crippen LogP contribution >= 0.6 is 24.8 Å². The third kappa shape index (κ3) is 8.66. The Morgan fingerprint density at radius 2 is 1.04 bits per heavy atom. The molecule has 27 heavy (non-hydrogen) atoms. The van der Waals surface area contributed by atoms with Crippen LogP contribution in [0.2, 0.25) is 0 Å². The summed E-state index contributed by atoms with van der Waals surface area (Å²) in [5.41, 5.74) is 11.8. The zero-order chi connectivity index (χ0) is 21.7. The van der Waals surface area contributed by atoms with E-state index in [1.807, 2.05) is 0 Å². The number of benzene rings is 2. The number of ether oxygens (including phenoxy) is 2. The number of rotatable bonds is 10. The van der Waals surface area contributed by atoms with Gasteiger partial charge in [0.2, 0.25) is 0 Å². The fourth-order valence-corrected chi connectivity index (χ4v) is 1.91. The maximum absolute atomic E-state index is 7.98. The summed E-state index contributed by atoms with van der Waals surface area (Å²) in [6, 6.07) is 12.4. The average molecular weight is 417 g/mol. The van der Waals surface area contributed by atoms with Gasteiger partial charge in [0.25, 0.3) is 0 Å². The van der Waals surface area contributed by atoms with Gasteiger partial charge in [0.1, 0.15) is 23.2 Å². The Morgan fingerprint density at radius 3 is 1.33 bits per heavy atom. The van der Waals surface area contributed by atoms with Crippen LogP contribution in [0.3, 0.4) is 0 Å². The molecule has 0 saturated carbocycles. The van der Waals surface area contributed by atoms with Crippen molar-refractivity contribution in [1.82, 2.24) is 0 Å². The van der Waals surface area contributed by atoms with Crippen LogP contribution in [0.4, 0.5) is 0 Å². The maximum atomic E-state index is 7.98. The van der Waals surface area contributed by atoms with Gasteiger partial charge in [0, 0.05) is 11.1 Å². The molecule has 148 valence electrons. The molecule has 6 N–H and O–H groups in total. The van der Waals surface area contributed by atoms with E-state index in [1.54, 1.807) is 24.3 Å². The van der Waals surface area contributed by atoms with Crippen molar-refractivity contribution in [3.8, 4) is 11.5 Å². The molecule has 0 radical (unpaired) electrons. The smallest absolute Gasteiger partial charge is 0.122 e. The molecule has 2 rings (SSSR count). The Labute approximate surface area is 177 Å². The summed E-state index contributed by atoms with van der Waals surface area (Å²) in [5.74, 6) is 0.421. The molecule has 0 aliphatic heterocycles. The zero-order valence-electron chi connectivity index (χ0n) is 18.5. The summed E-state index contributed by atoms with van der Waals surface area (Å²) in [7, 11) is 0. The number of nitrogens with one attached hydrogen (secondary N) is 2. The monoisotopic (exact) mass is 416 g/mol. The van der Waals surface area contributed by atoms with E-state index in [4.69, 9.17) is 37.2 Å². The van der Waals surface area contributed by atoms with Gasteiger partial charge in [-0.1, -0.05) is 0 Å². The molecule has 0 heterocycles. The second-order valence-corrected chi connectivity index (χ2v) is 5.22. The van der Waals surface area contributed by atoms with Crippen LogP contribution in [0.5, 0.6) is 11.5 Å². The third-order valence-electron chi connectivity index (χ3n) is 3.27. The minimum atomic E-state index is -1.99. The van der Waals surface area contributed by atoms with Crippen molar-refractivity contribution in [2.75, 3.05) is 13.1 Å². The lowest BCUT2D eigenvalue weighted by atomic mass is 10.2. The summed E-state index contributed by atoms with van der Waals surface area (Å²) in [5, 5.41) is 14.7. The van der Waals surface area contributed by atoms with Crippen LogP contribution in [-0.2, 0) is 0 Å². The molecule has 8 heteroatoms. The van der Waals surface area contributed by atoms with Crippen molar-refractivity contribution in [3.05, 3.63) is 59.7 Å². The Morgan fingerprint density at radius 1 is 0.704 bits per heavy atom. The molecule has 0 saturated heterocycles. The predicted octanol–water partition coefficient (Wildman–Crippen LogP) is 3.73. The zero-order valence-corrected chi connectivity index (χ0v) is 16.2. The SMILES string of the molecule is Cl.Cl.[2H]C([2H])(CCCC([2H])([2H])Oc1ccc(C(=N)N)cc1)Oc1ccc(C(=N)N)cc1. The molecular formula is C19H26Cl2N4O2. The third-order valence-corrected chi connectivity index (χ3v) is 3.27. The first-order valence-corrected chi connectivity index (χ1v) is 7.74. The van der Waals surface area contributed by atoms with Gasteiger partial charge in [-0.25, -0.2) is 0 Å². The van der Waals surface area contributed by atoms with E-state index >= 15 is 0 Å². The van der Waals surface area contributed by atoms with Crippen molar-refractivity contribution >= 4 is 36.5 Å². The minimum Gasteiger partial charge on any atom is -0.494 e. The van der Waals surface area contributed by atoms with Crippen molar-refractivity contribution < 1.29 is 15.0 Å². The number of hydrogen-bond donors (Lipinski definition) is 4. The fourth-order valence-electron chi connectivity index (χ4n) is 1.91. The summed E-state index contributed by atoms with van der Waals surface area (Å²) < 4.78 is 42.6. The molecule has 0 atom stereocenters. The van der Waals surface area contributed by atoms with E-state index in [-0.39, 0.29) is 55.7 Å². The van der Waals surface area contributed by atoms with Crippen LogP contribution in [0.15, 0.2) is 48.5 Å². The highest BCUT2D eigenvalue weighted by atomic mass is 35.5. The summed E-state index contributed by atoms with van der Waals surface area (Å²) in [6.07, 6.45) is 0.123. The Bertz CT molecular complexity index is 795. The topological polar surface area (TPSA) is 118 Å². The number of halogens is 2. The molecule has 0 aromatic heterocycles. The first kappa shape index (κ1) is 17.9. The molecule has 0 aliphatic rings. The van der Waals surface area contributed by atoms with E-state index in [2.05, 4.69) is 0 Å². The van der Waals surface area contributed by atoms with Gasteiger partial charge in [0.15, 0.2) is 0 Å². The molecule has 6 nitrogen and oxygen atoms in total. The second kappa shape index (κ2) is 12.8. The van der Waals surface area contributed by atoms with E-state index in [1.165, 1.54) is 24.3 Å². The van der Waals surface area contributed by atoms with Gasteiger partial charge in [-0.15, -0.1) is 24.8 Å². The van der Waals surface area contributed by atoms with Crippen LogP contribution < -0.4 is 20.9 Å². The number of nitrogen functional groups attached to an aromatic ring is 2. The van der Waals surface area contributed by atoms with Gasteiger partial charge >= 0.3 is 0 Å². The molecular weight excluding hydrogens is 387 g/mol. The van der Waals surface area contributed by atoms with Crippen LogP contribution in [-0.4, -0.2) is 24.8 Å². The predicted molar refractivity (Wildman–Crippen MR) is 114 cm³/mol. The highest BCUT2D eigenvalue weighted by molar-refractivity contribution is 5.95. The van der Waals surface area contributed by atoms with Gasteiger partial charge in [-0.05, 0) is 67.8 Å². The Balaban J connectivity index is 0.00000450. The molecule has 2 aromatic carbocycles. The summed E-state index contributed by atoms with van der Waals surface area (Å²) in [4.78, 5) is 0. The molecule has 0 unspecified atom stereocenters. The molecule has 0 fully saturated rings. The highest BCUT2D eigenvalue weighted by Crippen LogP contribution is 2.14. The maximum Gasteiger partial charge on any atom is 0.122 e. The molecule has 0 spiro atoms.